The molecule has 0 aromatic heterocycles. The van der Waals surface area contributed by atoms with Crippen molar-refractivity contribution in [2.75, 3.05) is 6.54 Å². The van der Waals surface area contributed by atoms with Gasteiger partial charge in [0, 0.05) is 12.6 Å². The van der Waals surface area contributed by atoms with Gasteiger partial charge in [0.2, 0.25) is 0 Å². The van der Waals surface area contributed by atoms with Crippen LogP contribution < -0.4 is 5.73 Å². The van der Waals surface area contributed by atoms with Gasteiger partial charge in [-0.25, -0.2) is 4.79 Å². The van der Waals surface area contributed by atoms with Crippen molar-refractivity contribution in [1.29, 1.82) is 0 Å². The van der Waals surface area contributed by atoms with Crippen LogP contribution in [0.3, 0.4) is 0 Å². The second kappa shape index (κ2) is 7.26. The van der Waals surface area contributed by atoms with Crippen molar-refractivity contribution in [2.45, 2.75) is 38.5 Å². The molecule has 1 aliphatic heterocycles. The Morgan fingerprint density at radius 1 is 1.41 bits per heavy atom. The number of nitrogens with two attached hydrogens (primary N) is 1. The molecule has 0 saturated carbocycles. The molecule has 1 unspecified atom stereocenters. The van der Waals surface area contributed by atoms with Crippen molar-refractivity contribution in [1.82, 2.24) is 4.90 Å². The molecule has 0 radical (unpaired) electrons. The van der Waals surface area contributed by atoms with E-state index in [2.05, 4.69) is 0 Å². The molecule has 3 atom stereocenters. The van der Waals surface area contributed by atoms with E-state index in [0.29, 0.717) is 19.4 Å². The number of hydrogen-bond donors (Lipinski definition) is 2. The first-order valence-electron chi connectivity index (χ1n) is 7.50. The SMILES string of the molecule is CCC(C(=O)O)[C@@H]1[C@@H](N)CCN1C(=O)OCc1ccccc1. The summed E-state index contributed by atoms with van der Waals surface area (Å²) in [5, 5.41) is 9.32. The third-order valence-corrected chi connectivity index (χ3v) is 4.11. The molecule has 1 saturated heterocycles. The normalized spacial score (nSPS) is 22.4. The largest absolute Gasteiger partial charge is 0.481 e. The highest BCUT2D eigenvalue weighted by Crippen LogP contribution is 2.26. The zero-order valence-corrected chi connectivity index (χ0v) is 12.6. The molecule has 2 rings (SSSR count). The molecule has 1 fully saturated rings. The van der Waals surface area contributed by atoms with Crippen LogP contribution in [0.15, 0.2) is 30.3 Å². The van der Waals surface area contributed by atoms with Gasteiger partial charge >= 0.3 is 12.1 Å². The minimum absolute atomic E-state index is 0.169. The predicted molar refractivity (Wildman–Crippen MR) is 81.1 cm³/mol. The summed E-state index contributed by atoms with van der Waals surface area (Å²) in [6.07, 6.45) is 0.520. The smallest absolute Gasteiger partial charge is 0.410 e. The number of amides is 1. The number of carbonyl (C=O) groups is 2. The molecule has 1 aromatic carbocycles. The van der Waals surface area contributed by atoms with Gasteiger partial charge in [0.15, 0.2) is 0 Å². The van der Waals surface area contributed by atoms with E-state index in [9.17, 15) is 14.7 Å². The molecule has 1 aromatic rings. The van der Waals surface area contributed by atoms with Gasteiger partial charge in [-0.1, -0.05) is 37.3 Å². The van der Waals surface area contributed by atoms with Crippen LogP contribution in [0.2, 0.25) is 0 Å². The zero-order chi connectivity index (χ0) is 16.1. The van der Waals surface area contributed by atoms with Crippen molar-refractivity contribution < 1.29 is 19.4 Å². The van der Waals surface area contributed by atoms with E-state index in [1.165, 1.54) is 4.90 Å². The fourth-order valence-corrected chi connectivity index (χ4v) is 2.93. The topological polar surface area (TPSA) is 92.9 Å². The number of aliphatic carboxylic acids is 1. The summed E-state index contributed by atoms with van der Waals surface area (Å²) in [7, 11) is 0. The number of carboxylic acid groups (broad SMARTS) is 1. The average Bonchev–Trinajstić information content (AvgIpc) is 2.88. The third kappa shape index (κ3) is 3.57. The Morgan fingerprint density at radius 3 is 2.68 bits per heavy atom. The molecular weight excluding hydrogens is 284 g/mol. The number of hydrogen-bond acceptors (Lipinski definition) is 4. The van der Waals surface area contributed by atoms with E-state index >= 15 is 0 Å². The quantitative estimate of drug-likeness (QED) is 0.866. The van der Waals surface area contributed by atoms with Gasteiger partial charge < -0.3 is 20.5 Å². The molecule has 6 nitrogen and oxygen atoms in total. The lowest BCUT2D eigenvalue weighted by atomic mass is 9.92. The fourth-order valence-electron chi connectivity index (χ4n) is 2.93. The van der Waals surface area contributed by atoms with Crippen LogP contribution in [-0.2, 0) is 16.1 Å². The summed E-state index contributed by atoms with van der Waals surface area (Å²) in [6.45, 7) is 2.39. The highest BCUT2D eigenvalue weighted by atomic mass is 16.6. The maximum atomic E-state index is 12.3. The fraction of sp³-hybridized carbons (Fsp3) is 0.500. The molecule has 0 aliphatic carbocycles. The van der Waals surface area contributed by atoms with E-state index in [-0.39, 0.29) is 12.6 Å². The molecule has 1 aliphatic rings. The van der Waals surface area contributed by atoms with Crippen molar-refractivity contribution in [3.8, 4) is 0 Å². The lowest BCUT2D eigenvalue weighted by Crippen LogP contribution is -2.49. The number of nitrogens with zero attached hydrogens (tertiary/aromatic N) is 1. The molecule has 22 heavy (non-hydrogen) atoms. The Kier molecular flexibility index (Phi) is 5.38. The summed E-state index contributed by atoms with van der Waals surface area (Å²) in [6, 6.07) is 8.53. The number of carbonyl (C=O) groups excluding carboxylic acids is 1. The van der Waals surface area contributed by atoms with E-state index in [1.807, 2.05) is 30.3 Å². The van der Waals surface area contributed by atoms with Gasteiger partial charge in [-0.15, -0.1) is 0 Å². The Balaban J connectivity index is 2.02. The number of likely N-dealkylation sites (tertiary alicyclic amines) is 1. The summed E-state index contributed by atoms with van der Waals surface area (Å²) in [5.74, 6) is -1.59. The van der Waals surface area contributed by atoms with Crippen LogP contribution in [0.25, 0.3) is 0 Å². The van der Waals surface area contributed by atoms with Crippen LogP contribution in [0, 0.1) is 5.92 Å². The second-order valence-corrected chi connectivity index (χ2v) is 5.53. The maximum Gasteiger partial charge on any atom is 0.410 e. The average molecular weight is 306 g/mol. The Hall–Kier alpha value is -2.08. The maximum absolute atomic E-state index is 12.3. The summed E-state index contributed by atoms with van der Waals surface area (Å²) in [4.78, 5) is 25.1. The van der Waals surface area contributed by atoms with Crippen LogP contribution in [0.5, 0.6) is 0 Å². The molecule has 1 heterocycles. The monoisotopic (exact) mass is 306 g/mol. The Morgan fingerprint density at radius 2 is 2.09 bits per heavy atom. The highest BCUT2D eigenvalue weighted by Gasteiger charge is 2.43. The Bertz CT molecular complexity index is 520. The minimum atomic E-state index is -0.925. The second-order valence-electron chi connectivity index (χ2n) is 5.53. The van der Waals surface area contributed by atoms with E-state index < -0.39 is 24.0 Å². The van der Waals surface area contributed by atoms with Crippen molar-refractivity contribution in [3.05, 3.63) is 35.9 Å². The molecule has 120 valence electrons. The molecule has 0 spiro atoms. The molecule has 1 amide bonds. The van der Waals surface area contributed by atoms with Crippen molar-refractivity contribution in [3.63, 3.8) is 0 Å². The number of carboxylic acids is 1. The number of benzene rings is 1. The van der Waals surface area contributed by atoms with E-state index in [0.717, 1.165) is 5.56 Å². The first-order valence-corrected chi connectivity index (χ1v) is 7.50. The van der Waals surface area contributed by atoms with Crippen molar-refractivity contribution >= 4 is 12.1 Å². The van der Waals surface area contributed by atoms with Gasteiger partial charge in [0.25, 0.3) is 0 Å². The number of ether oxygens (including phenoxy) is 1. The standard InChI is InChI=1S/C16H22N2O4/c1-2-12(15(19)20)14-13(17)8-9-18(14)16(21)22-10-11-6-4-3-5-7-11/h3-7,12-14H,2,8-10,17H2,1H3,(H,19,20)/t12?,13-,14+/m0/s1. The van der Waals surface area contributed by atoms with Crippen molar-refractivity contribution in [2.24, 2.45) is 11.7 Å². The zero-order valence-electron chi connectivity index (χ0n) is 12.6. The molecule has 6 heteroatoms. The van der Waals surface area contributed by atoms with Gasteiger partial charge in [-0.3, -0.25) is 4.79 Å². The third-order valence-electron chi connectivity index (χ3n) is 4.11. The summed E-state index contributed by atoms with van der Waals surface area (Å²) < 4.78 is 5.30. The lowest BCUT2D eigenvalue weighted by Gasteiger charge is -2.30. The highest BCUT2D eigenvalue weighted by molar-refractivity contribution is 5.74. The van der Waals surface area contributed by atoms with Gasteiger partial charge in [-0.05, 0) is 18.4 Å². The predicted octanol–water partition coefficient (Wildman–Crippen LogP) is 1.84. The first-order chi connectivity index (χ1) is 10.5. The van der Waals surface area contributed by atoms with Gasteiger partial charge in [0.1, 0.15) is 6.61 Å². The van der Waals surface area contributed by atoms with Crippen LogP contribution in [-0.4, -0.2) is 40.7 Å². The van der Waals surface area contributed by atoms with Crippen LogP contribution in [0.4, 0.5) is 4.79 Å². The summed E-state index contributed by atoms with van der Waals surface area (Å²) in [5.41, 5.74) is 6.91. The van der Waals surface area contributed by atoms with E-state index in [1.54, 1.807) is 6.92 Å². The number of rotatable bonds is 5. The van der Waals surface area contributed by atoms with E-state index in [4.69, 9.17) is 10.5 Å². The van der Waals surface area contributed by atoms with Gasteiger partial charge in [0.05, 0.1) is 12.0 Å². The minimum Gasteiger partial charge on any atom is -0.481 e. The van der Waals surface area contributed by atoms with Crippen LogP contribution in [0.1, 0.15) is 25.3 Å². The molecular formula is C16H22N2O4. The van der Waals surface area contributed by atoms with Gasteiger partial charge in [-0.2, -0.15) is 0 Å². The molecule has 0 bridgehead atoms. The Labute approximate surface area is 129 Å². The lowest BCUT2D eigenvalue weighted by molar-refractivity contribution is -0.143. The molecule has 3 N–H and O–H groups in total. The summed E-state index contributed by atoms with van der Waals surface area (Å²) >= 11 is 0. The first kappa shape index (κ1) is 16.3. The van der Waals surface area contributed by atoms with Crippen LogP contribution >= 0.6 is 0 Å².